The maximum absolute atomic E-state index is 13.2. The molecule has 2 N–H and O–H groups in total. The van der Waals surface area contributed by atoms with E-state index >= 15 is 0 Å². The average molecular weight is 477 g/mol. The lowest BCUT2D eigenvalue weighted by molar-refractivity contribution is -0.123. The molecule has 0 spiro atoms. The van der Waals surface area contributed by atoms with Crippen LogP contribution in [0.25, 0.3) is 11.1 Å². The maximum atomic E-state index is 13.2. The van der Waals surface area contributed by atoms with E-state index in [1.54, 1.807) is 5.38 Å². The second-order valence-electron chi connectivity index (χ2n) is 8.90. The summed E-state index contributed by atoms with van der Waals surface area (Å²) in [7, 11) is 1.95. The van der Waals surface area contributed by atoms with Gasteiger partial charge in [-0.15, -0.1) is 17.9 Å². The molecule has 34 heavy (non-hydrogen) atoms. The second-order valence-corrected chi connectivity index (χ2v) is 9.74. The number of nitrogens with one attached hydrogen (secondary N) is 2. The first-order valence-electron chi connectivity index (χ1n) is 11.3. The van der Waals surface area contributed by atoms with Crippen molar-refractivity contribution in [3.8, 4) is 11.1 Å². The maximum Gasteiger partial charge on any atom is 0.289 e. The van der Waals surface area contributed by atoms with Gasteiger partial charge in [-0.3, -0.25) is 20.4 Å². The van der Waals surface area contributed by atoms with Crippen molar-refractivity contribution in [2.24, 2.45) is 5.92 Å². The van der Waals surface area contributed by atoms with Crippen LogP contribution in [0, 0.1) is 5.92 Å². The van der Waals surface area contributed by atoms with Crippen molar-refractivity contribution < 1.29 is 9.59 Å². The first kappa shape index (κ1) is 25.2. The molecule has 1 unspecified atom stereocenters. The molecule has 0 fully saturated rings. The van der Waals surface area contributed by atoms with Crippen LogP contribution in [-0.4, -0.2) is 30.4 Å². The SMILES string of the molecule is C=C(C)CC(C(=O)NNC(=O)c1csc(N(C)CC(C)C)n1)c1ccccc1-c1ccccc1. The third-order valence-corrected chi connectivity index (χ3v) is 6.23. The van der Waals surface area contributed by atoms with E-state index in [1.807, 2.05) is 73.5 Å². The van der Waals surface area contributed by atoms with E-state index in [0.717, 1.165) is 33.9 Å². The monoisotopic (exact) mass is 476 g/mol. The van der Waals surface area contributed by atoms with Gasteiger partial charge in [-0.1, -0.05) is 74.0 Å². The highest BCUT2D eigenvalue weighted by Gasteiger charge is 2.25. The summed E-state index contributed by atoms with van der Waals surface area (Å²) in [6.07, 6.45) is 0.465. The summed E-state index contributed by atoms with van der Waals surface area (Å²) in [6, 6.07) is 17.8. The Morgan fingerprint density at radius 1 is 1.06 bits per heavy atom. The quantitative estimate of drug-likeness (QED) is 0.320. The Morgan fingerprint density at radius 3 is 2.41 bits per heavy atom. The van der Waals surface area contributed by atoms with Crippen molar-refractivity contribution in [2.45, 2.75) is 33.1 Å². The van der Waals surface area contributed by atoms with E-state index in [-0.39, 0.29) is 11.6 Å². The van der Waals surface area contributed by atoms with Crippen molar-refractivity contribution in [3.05, 3.63) is 83.4 Å². The lowest BCUT2D eigenvalue weighted by atomic mass is 9.86. The van der Waals surface area contributed by atoms with Gasteiger partial charge in [0.25, 0.3) is 5.91 Å². The van der Waals surface area contributed by atoms with Crippen LogP contribution in [0.5, 0.6) is 0 Å². The highest BCUT2D eigenvalue weighted by atomic mass is 32.1. The van der Waals surface area contributed by atoms with Gasteiger partial charge in [0.1, 0.15) is 5.69 Å². The number of carbonyl (C=O) groups is 2. The molecule has 3 rings (SSSR count). The number of hydrogen-bond acceptors (Lipinski definition) is 5. The van der Waals surface area contributed by atoms with Crippen molar-refractivity contribution >= 4 is 28.3 Å². The molecule has 178 valence electrons. The van der Waals surface area contributed by atoms with Crippen molar-refractivity contribution in [1.29, 1.82) is 0 Å². The molecule has 3 aromatic rings. The molecule has 6 nitrogen and oxygen atoms in total. The van der Waals surface area contributed by atoms with Crippen molar-refractivity contribution in [1.82, 2.24) is 15.8 Å². The fraction of sp³-hybridized carbons (Fsp3) is 0.296. The molecule has 0 aliphatic rings. The molecule has 0 aliphatic carbocycles. The Kier molecular flexibility index (Phi) is 8.60. The Bertz CT molecular complexity index is 1140. The zero-order valence-electron chi connectivity index (χ0n) is 20.2. The van der Waals surface area contributed by atoms with Gasteiger partial charge in [0, 0.05) is 19.0 Å². The summed E-state index contributed by atoms with van der Waals surface area (Å²) in [5, 5.41) is 2.46. The number of rotatable bonds is 9. The van der Waals surface area contributed by atoms with Crippen LogP contribution < -0.4 is 15.8 Å². The van der Waals surface area contributed by atoms with Crippen LogP contribution in [0.3, 0.4) is 0 Å². The number of carbonyl (C=O) groups excluding carboxylic acids is 2. The molecular weight excluding hydrogens is 444 g/mol. The normalized spacial score (nSPS) is 11.7. The highest BCUT2D eigenvalue weighted by Crippen LogP contribution is 2.32. The van der Waals surface area contributed by atoms with Gasteiger partial charge in [0.05, 0.1) is 5.92 Å². The van der Waals surface area contributed by atoms with Crippen LogP contribution in [0.2, 0.25) is 0 Å². The van der Waals surface area contributed by atoms with Gasteiger partial charge in [-0.2, -0.15) is 0 Å². The van der Waals surface area contributed by atoms with Gasteiger partial charge < -0.3 is 4.90 Å². The predicted molar refractivity (Wildman–Crippen MR) is 140 cm³/mol. The van der Waals surface area contributed by atoms with E-state index in [2.05, 4.69) is 36.3 Å². The molecular formula is C27H32N4O2S. The molecule has 0 saturated heterocycles. The molecule has 2 aromatic carbocycles. The first-order chi connectivity index (χ1) is 16.3. The number of nitrogens with zero attached hydrogens (tertiary/aromatic N) is 2. The van der Waals surface area contributed by atoms with Crippen molar-refractivity contribution in [2.75, 3.05) is 18.5 Å². The summed E-state index contributed by atoms with van der Waals surface area (Å²) < 4.78 is 0. The summed E-state index contributed by atoms with van der Waals surface area (Å²) in [6.45, 7) is 11.0. The fourth-order valence-corrected chi connectivity index (χ4v) is 4.60. The van der Waals surface area contributed by atoms with Gasteiger partial charge in [0.2, 0.25) is 5.91 Å². The van der Waals surface area contributed by atoms with Crippen molar-refractivity contribution in [3.63, 3.8) is 0 Å². The first-order valence-corrected chi connectivity index (χ1v) is 12.2. The highest BCUT2D eigenvalue weighted by molar-refractivity contribution is 7.13. The Morgan fingerprint density at radius 2 is 1.74 bits per heavy atom. The minimum Gasteiger partial charge on any atom is -0.351 e. The van der Waals surface area contributed by atoms with E-state index in [9.17, 15) is 9.59 Å². The molecule has 0 saturated carbocycles. The smallest absolute Gasteiger partial charge is 0.289 e. The second kappa shape index (κ2) is 11.6. The Hall–Kier alpha value is -3.45. The molecule has 0 aliphatic heterocycles. The van der Waals surface area contributed by atoms with Crippen LogP contribution in [0.1, 0.15) is 49.2 Å². The zero-order valence-corrected chi connectivity index (χ0v) is 21.0. The van der Waals surface area contributed by atoms with Crippen LogP contribution >= 0.6 is 11.3 Å². The number of thiazole rings is 1. The largest absolute Gasteiger partial charge is 0.351 e. The number of hydrazine groups is 1. The molecule has 2 amide bonds. The third-order valence-electron chi connectivity index (χ3n) is 5.28. The predicted octanol–water partition coefficient (Wildman–Crippen LogP) is 5.41. The average Bonchev–Trinajstić information content (AvgIpc) is 3.32. The van der Waals surface area contributed by atoms with Gasteiger partial charge in [0.15, 0.2) is 5.13 Å². The zero-order chi connectivity index (χ0) is 24.7. The molecule has 0 radical (unpaired) electrons. The van der Waals surface area contributed by atoms with E-state index in [1.165, 1.54) is 11.3 Å². The number of hydrogen-bond donors (Lipinski definition) is 2. The number of anilines is 1. The molecule has 7 heteroatoms. The van der Waals surface area contributed by atoms with Crippen LogP contribution in [-0.2, 0) is 4.79 Å². The standard InChI is InChI=1S/C27H32N4O2S/c1-18(2)15-23(22-14-10-9-13-21(22)20-11-7-6-8-12-20)25(32)29-30-26(33)24-17-34-27(28-24)31(5)16-19(3)4/h6-14,17,19,23H,1,15-16H2,2-5H3,(H,29,32)(H,30,33). The lowest BCUT2D eigenvalue weighted by Gasteiger charge is -2.21. The summed E-state index contributed by atoms with van der Waals surface area (Å²) in [5.74, 6) is -0.766. The van der Waals surface area contributed by atoms with E-state index in [0.29, 0.717) is 12.3 Å². The number of benzene rings is 2. The number of aromatic nitrogens is 1. The van der Waals surface area contributed by atoms with Crippen LogP contribution in [0.4, 0.5) is 5.13 Å². The Balaban J connectivity index is 1.75. The molecule has 1 atom stereocenters. The minimum atomic E-state index is -0.502. The lowest BCUT2D eigenvalue weighted by Crippen LogP contribution is -2.44. The third kappa shape index (κ3) is 6.54. The van der Waals surface area contributed by atoms with Gasteiger partial charge >= 0.3 is 0 Å². The van der Waals surface area contributed by atoms with E-state index in [4.69, 9.17) is 0 Å². The molecule has 0 bridgehead atoms. The van der Waals surface area contributed by atoms with Crippen LogP contribution in [0.15, 0.2) is 72.1 Å². The van der Waals surface area contributed by atoms with E-state index < -0.39 is 11.8 Å². The summed E-state index contributed by atoms with van der Waals surface area (Å²) in [4.78, 5) is 32.3. The minimum absolute atomic E-state index is 0.275. The number of amides is 2. The fourth-order valence-electron chi connectivity index (χ4n) is 3.81. The Labute approximate surface area is 205 Å². The number of allylic oxidation sites excluding steroid dienone is 1. The molecule has 1 aromatic heterocycles. The van der Waals surface area contributed by atoms with Gasteiger partial charge in [-0.05, 0) is 36.0 Å². The summed E-state index contributed by atoms with van der Waals surface area (Å²) in [5.41, 5.74) is 9.19. The molecule has 1 heterocycles. The summed E-state index contributed by atoms with van der Waals surface area (Å²) >= 11 is 1.40. The topological polar surface area (TPSA) is 74.3 Å². The van der Waals surface area contributed by atoms with Gasteiger partial charge in [-0.25, -0.2) is 4.98 Å².